The molecule has 3 nitrogen and oxygen atoms in total. The third-order valence-corrected chi connectivity index (χ3v) is 2.20. The summed E-state index contributed by atoms with van der Waals surface area (Å²) in [5.41, 5.74) is 1.80. The molecule has 0 saturated carbocycles. The smallest absolute Gasteiger partial charge is 0.159 e. The van der Waals surface area contributed by atoms with E-state index in [-0.39, 0.29) is 6.61 Å². The number of aliphatic hydroxyl groups excluding tert-OH is 1. The van der Waals surface area contributed by atoms with E-state index in [1.54, 1.807) is 6.08 Å². The van der Waals surface area contributed by atoms with Gasteiger partial charge in [0.1, 0.15) is 0 Å². The third-order valence-electron chi connectivity index (χ3n) is 2.20. The molecule has 0 unspecified atom stereocenters. The number of halogens is 1. The van der Waals surface area contributed by atoms with Gasteiger partial charge in [0.15, 0.2) is 11.6 Å². The van der Waals surface area contributed by atoms with Gasteiger partial charge in [0.25, 0.3) is 0 Å². The molecule has 1 aromatic heterocycles. The first-order chi connectivity index (χ1) is 8.29. The quantitative estimate of drug-likeness (QED) is 0.879. The van der Waals surface area contributed by atoms with Gasteiger partial charge in [-0.3, -0.25) is 0 Å². The number of nitrogens with zero attached hydrogens (tertiary/aromatic N) is 2. The molecular weight excluding hydrogens is 219 g/mol. The lowest BCUT2D eigenvalue weighted by Crippen LogP contribution is -1.89. The first-order valence-electron chi connectivity index (χ1n) is 5.15. The predicted octanol–water partition coefficient (Wildman–Crippen LogP) is 2.29. The van der Waals surface area contributed by atoms with E-state index in [9.17, 15) is 4.39 Å². The summed E-state index contributed by atoms with van der Waals surface area (Å²) in [5, 5.41) is 8.64. The highest BCUT2D eigenvalue weighted by Gasteiger charge is 2.00. The Bertz CT molecular complexity index is 506. The second-order valence-electron chi connectivity index (χ2n) is 3.43. The SMILES string of the molecule is OC/C=C/c1ccc(-c2ncc(F)cn2)cc1. The zero-order chi connectivity index (χ0) is 12.1. The Balaban J connectivity index is 2.23. The highest BCUT2D eigenvalue weighted by atomic mass is 19.1. The summed E-state index contributed by atoms with van der Waals surface area (Å²) in [6, 6.07) is 7.47. The van der Waals surface area contributed by atoms with Crippen molar-refractivity contribution in [3.8, 4) is 11.4 Å². The van der Waals surface area contributed by atoms with Crippen LogP contribution in [0, 0.1) is 5.82 Å². The fourth-order valence-electron chi connectivity index (χ4n) is 1.39. The molecular formula is C13H11FN2O. The Morgan fingerprint density at radius 2 is 1.76 bits per heavy atom. The maximum absolute atomic E-state index is 12.6. The lowest BCUT2D eigenvalue weighted by molar-refractivity contribution is 0.343. The first-order valence-corrected chi connectivity index (χ1v) is 5.15. The van der Waals surface area contributed by atoms with Crippen molar-refractivity contribution >= 4 is 6.08 Å². The number of hydrogen-bond acceptors (Lipinski definition) is 3. The van der Waals surface area contributed by atoms with Crippen molar-refractivity contribution in [2.75, 3.05) is 6.61 Å². The molecule has 1 N–H and O–H groups in total. The van der Waals surface area contributed by atoms with E-state index >= 15 is 0 Å². The molecule has 0 aliphatic carbocycles. The Morgan fingerprint density at radius 3 is 2.35 bits per heavy atom. The van der Waals surface area contributed by atoms with E-state index < -0.39 is 5.82 Å². The molecule has 0 radical (unpaired) electrons. The minimum absolute atomic E-state index is 0.0167. The van der Waals surface area contributed by atoms with Crippen LogP contribution >= 0.6 is 0 Å². The largest absolute Gasteiger partial charge is 0.392 e. The number of hydrogen-bond donors (Lipinski definition) is 1. The first kappa shape index (κ1) is 11.4. The number of benzene rings is 1. The van der Waals surface area contributed by atoms with Crippen molar-refractivity contribution in [3.63, 3.8) is 0 Å². The summed E-state index contributed by atoms with van der Waals surface area (Å²) in [4.78, 5) is 7.79. The van der Waals surface area contributed by atoms with Gasteiger partial charge >= 0.3 is 0 Å². The van der Waals surface area contributed by atoms with Gasteiger partial charge in [0.2, 0.25) is 0 Å². The average Bonchev–Trinajstić information content (AvgIpc) is 2.38. The molecule has 0 aliphatic rings. The van der Waals surface area contributed by atoms with Crippen LogP contribution in [-0.2, 0) is 0 Å². The van der Waals surface area contributed by atoms with Gasteiger partial charge in [-0.15, -0.1) is 0 Å². The molecule has 0 bridgehead atoms. The summed E-state index contributed by atoms with van der Waals surface area (Å²) in [7, 11) is 0. The van der Waals surface area contributed by atoms with Crippen LogP contribution in [0.4, 0.5) is 4.39 Å². The molecule has 1 aromatic carbocycles. The molecule has 0 amide bonds. The van der Waals surface area contributed by atoms with Gasteiger partial charge in [0.05, 0.1) is 19.0 Å². The Kier molecular flexibility index (Phi) is 3.57. The van der Waals surface area contributed by atoms with E-state index in [0.29, 0.717) is 5.82 Å². The van der Waals surface area contributed by atoms with Crippen LogP contribution in [0.1, 0.15) is 5.56 Å². The second kappa shape index (κ2) is 5.32. The van der Waals surface area contributed by atoms with Crippen molar-refractivity contribution in [2.24, 2.45) is 0 Å². The number of aromatic nitrogens is 2. The van der Waals surface area contributed by atoms with Crippen molar-refractivity contribution in [1.82, 2.24) is 9.97 Å². The van der Waals surface area contributed by atoms with E-state index in [1.165, 1.54) is 0 Å². The number of aliphatic hydroxyl groups is 1. The van der Waals surface area contributed by atoms with Gasteiger partial charge in [0, 0.05) is 5.56 Å². The molecule has 4 heteroatoms. The molecule has 0 aliphatic heterocycles. The maximum Gasteiger partial charge on any atom is 0.159 e. The summed E-state index contributed by atoms with van der Waals surface area (Å²) in [6.07, 6.45) is 5.75. The topological polar surface area (TPSA) is 46.0 Å². The molecule has 0 atom stereocenters. The van der Waals surface area contributed by atoms with Crippen LogP contribution in [0.5, 0.6) is 0 Å². The van der Waals surface area contributed by atoms with Gasteiger partial charge in [-0.1, -0.05) is 36.4 Å². The van der Waals surface area contributed by atoms with E-state index in [0.717, 1.165) is 23.5 Å². The molecule has 0 saturated heterocycles. The van der Waals surface area contributed by atoms with Gasteiger partial charge < -0.3 is 5.11 Å². The molecule has 1 heterocycles. The molecule has 2 aromatic rings. The lowest BCUT2D eigenvalue weighted by atomic mass is 10.1. The minimum Gasteiger partial charge on any atom is -0.392 e. The summed E-state index contributed by atoms with van der Waals surface area (Å²) in [5.74, 6) is 0.0420. The highest BCUT2D eigenvalue weighted by Crippen LogP contribution is 2.15. The molecule has 2 rings (SSSR count). The van der Waals surface area contributed by atoms with E-state index in [4.69, 9.17) is 5.11 Å². The Hall–Kier alpha value is -2.07. The van der Waals surface area contributed by atoms with Gasteiger partial charge in [-0.2, -0.15) is 0 Å². The highest BCUT2D eigenvalue weighted by molar-refractivity contribution is 5.59. The van der Waals surface area contributed by atoms with Crippen LogP contribution in [0.3, 0.4) is 0 Å². The summed E-state index contributed by atoms with van der Waals surface area (Å²) >= 11 is 0. The van der Waals surface area contributed by atoms with Crippen LogP contribution < -0.4 is 0 Å². The molecule has 0 spiro atoms. The van der Waals surface area contributed by atoms with Gasteiger partial charge in [-0.05, 0) is 5.56 Å². The van der Waals surface area contributed by atoms with E-state index in [2.05, 4.69) is 9.97 Å². The molecule has 0 fully saturated rings. The normalized spacial score (nSPS) is 10.9. The Morgan fingerprint density at radius 1 is 1.12 bits per heavy atom. The standard InChI is InChI=1S/C13H11FN2O/c14-12-8-15-13(16-9-12)11-5-3-10(4-6-11)2-1-7-17/h1-6,8-9,17H,7H2/b2-1+. The summed E-state index contributed by atoms with van der Waals surface area (Å²) in [6.45, 7) is 0.0167. The third kappa shape index (κ3) is 2.95. The maximum atomic E-state index is 12.6. The fraction of sp³-hybridized carbons (Fsp3) is 0.0769. The van der Waals surface area contributed by atoms with Crippen LogP contribution in [0.15, 0.2) is 42.7 Å². The zero-order valence-electron chi connectivity index (χ0n) is 9.05. The lowest BCUT2D eigenvalue weighted by Gasteiger charge is -2.00. The van der Waals surface area contributed by atoms with Crippen LogP contribution in [-0.4, -0.2) is 21.7 Å². The molecule has 17 heavy (non-hydrogen) atoms. The van der Waals surface area contributed by atoms with Crippen molar-refractivity contribution in [2.45, 2.75) is 0 Å². The van der Waals surface area contributed by atoms with E-state index in [1.807, 2.05) is 30.3 Å². The van der Waals surface area contributed by atoms with Crippen molar-refractivity contribution in [1.29, 1.82) is 0 Å². The van der Waals surface area contributed by atoms with Crippen molar-refractivity contribution in [3.05, 3.63) is 54.1 Å². The van der Waals surface area contributed by atoms with Crippen LogP contribution in [0.25, 0.3) is 17.5 Å². The molecule has 86 valence electrons. The van der Waals surface area contributed by atoms with Gasteiger partial charge in [-0.25, -0.2) is 14.4 Å². The summed E-state index contributed by atoms with van der Waals surface area (Å²) < 4.78 is 12.6. The monoisotopic (exact) mass is 230 g/mol. The predicted molar refractivity (Wildman–Crippen MR) is 63.5 cm³/mol. The Labute approximate surface area is 98.3 Å². The van der Waals surface area contributed by atoms with Crippen LogP contribution in [0.2, 0.25) is 0 Å². The van der Waals surface area contributed by atoms with Crippen molar-refractivity contribution < 1.29 is 9.50 Å². The average molecular weight is 230 g/mol. The second-order valence-corrected chi connectivity index (χ2v) is 3.43. The number of rotatable bonds is 3. The fourth-order valence-corrected chi connectivity index (χ4v) is 1.39. The zero-order valence-corrected chi connectivity index (χ0v) is 9.05. The minimum atomic E-state index is -0.448.